The van der Waals surface area contributed by atoms with Crippen molar-refractivity contribution >= 4 is 46.5 Å². The molecule has 0 aliphatic heterocycles. The van der Waals surface area contributed by atoms with E-state index in [1.54, 1.807) is 0 Å². The van der Waals surface area contributed by atoms with Gasteiger partial charge in [-0.3, -0.25) is 14.9 Å². The Labute approximate surface area is 156 Å². The number of anilines is 1. The molecule has 0 aliphatic rings. The number of nitro groups is 1. The molecule has 136 valence electrons. The quantitative estimate of drug-likeness (QED) is 0.460. The van der Waals surface area contributed by atoms with E-state index in [4.69, 9.17) is 27.9 Å². The van der Waals surface area contributed by atoms with Crippen molar-refractivity contribution in [1.29, 1.82) is 0 Å². The molecule has 0 aliphatic carbocycles. The molecule has 2 aromatic carbocycles. The van der Waals surface area contributed by atoms with Gasteiger partial charge in [0.15, 0.2) is 6.10 Å². The minimum Gasteiger partial charge on any atom is -0.449 e. The number of ether oxygens (including phenoxy) is 1. The summed E-state index contributed by atoms with van der Waals surface area (Å²) in [4.78, 5) is 33.9. The summed E-state index contributed by atoms with van der Waals surface area (Å²) in [6.07, 6.45) is -1.23. The molecular weight excluding hydrogens is 390 g/mol. The number of esters is 1. The third-order valence-electron chi connectivity index (χ3n) is 3.16. The standard InChI is InChI=1S/C16H11Cl2FN2O5/c1-8(26-16(23)9-4-10(17)6-11(18)5-9)15(22)20-12-2-3-13(19)14(7-12)21(24)25/h2-8H,1H3,(H,20,22). The highest BCUT2D eigenvalue weighted by Crippen LogP contribution is 2.22. The number of halogens is 3. The summed E-state index contributed by atoms with van der Waals surface area (Å²) in [7, 11) is 0. The van der Waals surface area contributed by atoms with E-state index in [0.717, 1.165) is 18.2 Å². The third-order valence-corrected chi connectivity index (χ3v) is 3.60. The van der Waals surface area contributed by atoms with Crippen LogP contribution in [0.4, 0.5) is 15.8 Å². The number of amides is 1. The molecule has 0 saturated carbocycles. The number of nitro benzene ring substituents is 1. The summed E-state index contributed by atoms with van der Waals surface area (Å²) in [5, 5.41) is 13.5. The molecule has 1 unspecified atom stereocenters. The highest BCUT2D eigenvalue weighted by molar-refractivity contribution is 6.35. The van der Waals surface area contributed by atoms with Crippen molar-refractivity contribution in [1.82, 2.24) is 0 Å². The van der Waals surface area contributed by atoms with E-state index in [0.29, 0.717) is 0 Å². The Hall–Kier alpha value is -2.71. The highest BCUT2D eigenvalue weighted by Gasteiger charge is 2.21. The van der Waals surface area contributed by atoms with Gasteiger partial charge in [0.2, 0.25) is 5.82 Å². The summed E-state index contributed by atoms with van der Waals surface area (Å²) < 4.78 is 18.3. The molecular formula is C16H11Cl2FN2O5. The number of benzene rings is 2. The predicted octanol–water partition coefficient (Wildman–Crippen LogP) is 4.22. The number of carbonyl (C=O) groups excluding carboxylic acids is 2. The van der Waals surface area contributed by atoms with Gasteiger partial charge in [-0.1, -0.05) is 23.2 Å². The SMILES string of the molecule is CC(OC(=O)c1cc(Cl)cc(Cl)c1)C(=O)Nc1ccc(F)c([N+](=O)[O-])c1. The van der Waals surface area contributed by atoms with E-state index in [1.807, 2.05) is 0 Å². The summed E-state index contributed by atoms with van der Waals surface area (Å²) in [6, 6.07) is 6.92. The van der Waals surface area contributed by atoms with E-state index in [2.05, 4.69) is 5.32 Å². The maximum absolute atomic E-state index is 13.3. The lowest BCUT2D eigenvalue weighted by molar-refractivity contribution is -0.387. The van der Waals surface area contributed by atoms with Gasteiger partial charge in [-0.15, -0.1) is 0 Å². The van der Waals surface area contributed by atoms with Gasteiger partial charge < -0.3 is 10.1 Å². The van der Waals surface area contributed by atoms with Crippen LogP contribution in [0.1, 0.15) is 17.3 Å². The topological polar surface area (TPSA) is 98.5 Å². The minimum absolute atomic E-state index is 0.0169. The van der Waals surface area contributed by atoms with Gasteiger partial charge in [-0.25, -0.2) is 4.79 Å². The Morgan fingerprint density at radius 2 is 1.81 bits per heavy atom. The van der Waals surface area contributed by atoms with E-state index in [9.17, 15) is 24.1 Å². The van der Waals surface area contributed by atoms with Crippen molar-refractivity contribution in [2.45, 2.75) is 13.0 Å². The van der Waals surface area contributed by atoms with E-state index >= 15 is 0 Å². The Kier molecular flexibility index (Phi) is 6.12. The van der Waals surface area contributed by atoms with Crippen LogP contribution in [0, 0.1) is 15.9 Å². The predicted molar refractivity (Wildman–Crippen MR) is 93.0 cm³/mol. The van der Waals surface area contributed by atoms with Gasteiger partial charge in [0.25, 0.3) is 5.91 Å². The molecule has 7 nitrogen and oxygen atoms in total. The van der Waals surface area contributed by atoms with Crippen LogP contribution >= 0.6 is 23.2 Å². The van der Waals surface area contributed by atoms with E-state index in [1.165, 1.54) is 25.1 Å². The van der Waals surface area contributed by atoms with Crippen LogP contribution in [-0.2, 0) is 9.53 Å². The van der Waals surface area contributed by atoms with Gasteiger partial charge in [-0.2, -0.15) is 4.39 Å². The molecule has 0 bridgehead atoms. The summed E-state index contributed by atoms with van der Waals surface area (Å²) >= 11 is 11.6. The Bertz CT molecular complexity index is 871. The lowest BCUT2D eigenvalue weighted by Crippen LogP contribution is -2.30. The molecule has 0 fully saturated rings. The number of rotatable bonds is 5. The van der Waals surface area contributed by atoms with Crippen molar-refractivity contribution in [2.75, 3.05) is 5.32 Å². The first-order valence-electron chi connectivity index (χ1n) is 7.09. The lowest BCUT2D eigenvalue weighted by Gasteiger charge is -2.14. The second-order valence-corrected chi connectivity index (χ2v) is 5.99. The van der Waals surface area contributed by atoms with Crippen molar-refractivity contribution < 1.29 is 23.6 Å². The maximum atomic E-state index is 13.3. The zero-order chi connectivity index (χ0) is 19.4. The fourth-order valence-corrected chi connectivity index (χ4v) is 2.45. The molecule has 0 heterocycles. The maximum Gasteiger partial charge on any atom is 0.339 e. The van der Waals surface area contributed by atoms with Crippen molar-refractivity contribution in [2.24, 2.45) is 0 Å². The second kappa shape index (κ2) is 8.11. The Morgan fingerprint density at radius 1 is 1.19 bits per heavy atom. The second-order valence-electron chi connectivity index (χ2n) is 5.12. The van der Waals surface area contributed by atoms with Crippen LogP contribution in [0.25, 0.3) is 0 Å². The van der Waals surface area contributed by atoms with Crippen LogP contribution in [0.3, 0.4) is 0 Å². The zero-order valence-corrected chi connectivity index (χ0v) is 14.7. The van der Waals surface area contributed by atoms with Crippen LogP contribution in [0.2, 0.25) is 10.0 Å². The molecule has 1 N–H and O–H groups in total. The lowest BCUT2D eigenvalue weighted by atomic mass is 10.2. The highest BCUT2D eigenvalue weighted by atomic mass is 35.5. The molecule has 0 spiro atoms. The zero-order valence-electron chi connectivity index (χ0n) is 13.2. The number of hydrogen-bond acceptors (Lipinski definition) is 5. The molecule has 0 radical (unpaired) electrons. The number of hydrogen-bond donors (Lipinski definition) is 1. The van der Waals surface area contributed by atoms with Crippen LogP contribution < -0.4 is 5.32 Å². The number of nitrogens with one attached hydrogen (secondary N) is 1. The largest absolute Gasteiger partial charge is 0.449 e. The molecule has 1 amide bonds. The number of carbonyl (C=O) groups is 2. The molecule has 2 rings (SSSR count). The average Bonchev–Trinajstić information content (AvgIpc) is 2.55. The van der Waals surface area contributed by atoms with Crippen LogP contribution in [0.5, 0.6) is 0 Å². The Morgan fingerprint density at radius 3 is 2.38 bits per heavy atom. The molecule has 10 heteroatoms. The monoisotopic (exact) mass is 400 g/mol. The smallest absolute Gasteiger partial charge is 0.339 e. The summed E-state index contributed by atoms with van der Waals surface area (Å²) in [5.41, 5.74) is -0.752. The number of nitrogens with zero attached hydrogens (tertiary/aromatic N) is 1. The summed E-state index contributed by atoms with van der Waals surface area (Å²) in [6.45, 7) is 1.30. The fourth-order valence-electron chi connectivity index (χ4n) is 1.93. The van der Waals surface area contributed by atoms with Crippen LogP contribution in [0.15, 0.2) is 36.4 Å². The van der Waals surface area contributed by atoms with Crippen LogP contribution in [-0.4, -0.2) is 22.9 Å². The van der Waals surface area contributed by atoms with E-state index < -0.39 is 34.4 Å². The van der Waals surface area contributed by atoms with Crippen molar-refractivity contribution in [3.8, 4) is 0 Å². The summed E-state index contributed by atoms with van der Waals surface area (Å²) in [5.74, 6) is -2.63. The first-order chi connectivity index (χ1) is 12.2. The first kappa shape index (κ1) is 19.6. The van der Waals surface area contributed by atoms with E-state index in [-0.39, 0.29) is 21.3 Å². The molecule has 0 aromatic heterocycles. The molecule has 26 heavy (non-hydrogen) atoms. The van der Waals surface area contributed by atoms with Crippen molar-refractivity contribution in [3.63, 3.8) is 0 Å². The molecule has 1 atom stereocenters. The molecule has 0 saturated heterocycles. The fraction of sp³-hybridized carbons (Fsp3) is 0.125. The van der Waals surface area contributed by atoms with Gasteiger partial charge in [-0.05, 0) is 37.3 Å². The van der Waals surface area contributed by atoms with Gasteiger partial charge in [0.1, 0.15) is 0 Å². The van der Waals surface area contributed by atoms with Crippen molar-refractivity contribution in [3.05, 3.63) is 67.9 Å². The third kappa shape index (κ3) is 4.90. The molecule has 2 aromatic rings. The first-order valence-corrected chi connectivity index (χ1v) is 7.85. The van der Waals surface area contributed by atoms with Gasteiger partial charge in [0.05, 0.1) is 10.5 Å². The Balaban J connectivity index is 2.06. The minimum atomic E-state index is -1.23. The normalized spacial score (nSPS) is 11.5. The van der Waals surface area contributed by atoms with Gasteiger partial charge >= 0.3 is 11.7 Å². The van der Waals surface area contributed by atoms with Gasteiger partial charge in [0, 0.05) is 21.8 Å². The average molecular weight is 401 g/mol.